The van der Waals surface area contributed by atoms with Gasteiger partial charge in [-0.15, -0.1) is 5.10 Å². The molecule has 0 atom stereocenters. The van der Waals surface area contributed by atoms with Crippen molar-refractivity contribution in [1.82, 2.24) is 24.5 Å². The second kappa shape index (κ2) is 3.88. The molecular formula is C11H9BrFN5. The lowest BCUT2D eigenvalue weighted by Gasteiger charge is -2.02. The Morgan fingerprint density at radius 3 is 2.72 bits per heavy atom. The molecule has 0 unspecified atom stereocenters. The molecule has 0 aliphatic rings. The van der Waals surface area contributed by atoms with Gasteiger partial charge in [-0.05, 0) is 28.1 Å². The van der Waals surface area contributed by atoms with E-state index in [-0.39, 0.29) is 5.82 Å². The summed E-state index contributed by atoms with van der Waals surface area (Å²) in [7, 11) is 3.66. The second-order valence-electron chi connectivity index (χ2n) is 3.98. The van der Waals surface area contributed by atoms with Crippen LogP contribution >= 0.6 is 15.9 Å². The van der Waals surface area contributed by atoms with Crippen LogP contribution in [0.1, 0.15) is 0 Å². The van der Waals surface area contributed by atoms with E-state index >= 15 is 0 Å². The van der Waals surface area contributed by atoms with Crippen molar-refractivity contribution in [2.75, 3.05) is 0 Å². The van der Waals surface area contributed by atoms with Crippen molar-refractivity contribution >= 4 is 27.0 Å². The Kier molecular flexibility index (Phi) is 2.44. The molecule has 0 N–H and O–H groups in total. The summed E-state index contributed by atoms with van der Waals surface area (Å²) in [4.78, 5) is 4.43. The molecule has 7 heteroatoms. The molecule has 3 aromatic rings. The van der Waals surface area contributed by atoms with Crippen LogP contribution < -0.4 is 0 Å². The molecule has 0 fully saturated rings. The number of aryl methyl sites for hydroxylation is 2. The molecule has 2 heterocycles. The fourth-order valence-electron chi connectivity index (χ4n) is 1.95. The van der Waals surface area contributed by atoms with E-state index in [1.165, 1.54) is 12.1 Å². The van der Waals surface area contributed by atoms with Gasteiger partial charge in [0.05, 0.1) is 11.0 Å². The zero-order valence-corrected chi connectivity index (χ0v) is 11.3. The molecule has 1 aromatic carbocycles. The lowest BCUT2D eigenvalue weighted by atomic mass is 10.3. The summed E-state index contributed by atoms with van der Waals surface area (Å²) < 4.78 is 17.3. The highest BCUT2D eigenvalue weighted by molar-refractivity contribution is 9.10. The van der Waals surface area contributed by atoms with Gasteiger partial charge in [-0.25, -0.2) is 14.1 Å². The first-order valence-corrected chi connectivity index (χ1v) is 6.05. The summed E-state index contributed by atoms with van der Waals surface area (Å²) in [5, 5.41) is 7.84. The van der Waals surface area contributed by atoms with Crippen molar-refractivity contribution in [2.45, 2.75) is 0 Å². The summed E-state index contributed by atoms with van der Waals surface area (Å²) in [5.74, 6) is 0.393. The first kappa shape index (κ1) is 11.3. The van der Waals surface area contributed by atoms with Crippen LogP contribution in [0.3, 0.4) is 0 Å². The van der Waals surface area contributed by atoms with Crippen LogP contribution in [0.4, 0.5) is 4.39 Å². The molecule has 0 aliphatic heterocycles. The summed E-state index contributed by atoms with van der Waals surface area (Å²) in [6.45, 7) is 0. The Hall–Kier alpha value is -1.76. The van der Waals surface area contributed by atoms with Crippen LogP contribution in [0, 0.1) is 5.82 Å². The fourth-order valence-corrected chi connectivity index (χ4v) is 2.46. The number of hydrogen-bond acceptors (Lipinski definition) is 3. The zero-order chi connectivity index (χ0) is 12.9. The van der Waals surface area contributed by atoms with Gasteiger partial charge in [-0.1, -0.05) is 5.21 Å². The zero-order valence-electron chi connectivity index (χ0n) is 9.72. The van der Waals surface area contributed by atoms with Crippen LogP contribution in [0.5, 0.6) is 0 Å². The number of hydrogen-bond donors (Lipinski definition) is 0. The van der Waals surface area contributed by atoms with E-state index < -0.39 is 0 Å². The minimum atomic E-state index is -0.297. The number of aromatic nitrogens is 5. The third-order valence-electron chi connectivity index (χ3n) is 2.84. The normalized spacial score (nSPS) is 11.3. The van der Waals surface area contributed by atoms with Crippen molar-refractivity contribution in [2.24, 2.45) is 14.1 Å². The van der Waals surface area contributed by atoms with E-state index in [0.29, 0.717) is 15.9 Å². The molecule has 0 aliphatic carbocycles. The molecule has 3 rings (SSSR count). The average Bonchev–Trinajstić information content (AvgIpc) is 2.80. The van der Waals surface area contributed by atoms with E-state index in [1.54, 1.807) is 17.8 Å². The van der Waals surface area contributed by atoms with E-state index in [0.717, 1.165) is 11.2 Å². The second-order valence-corrected chi connectivity index (χ2v) is 4.73. The smallest absolute Gasteiger partial charge is 0.162 e. The highest BCUT2D eigenvalue weighted by atomic mass is 79.9. The Bertz CT molecular complexity index is 726. The summed E-state index contributed by atoms with van der Waals surface area (Å²) in [6, 6.07) is 4.54. The molecule has 0 saturated carbocycles. The minimum absolute atomic E-state index is 0.297. The van der Waals surface area contributed by atoms with Crippen molar-refractivity contribution in [3.8, 4) is 11.5 Å². The first-order valence-electron chi connectivity index (χ1n) is 5.25. The maximum absolute atomic E-state index is 13.2. The highest BCUT2D eigenvalue weighted by Crippen LogP contribution is 2.27. The molecule has 92 valence electrons. The maximum Gasteiger partial charge on any atom is 0.162 e. The topological polar surface area (TPSA) is 48.5 Å². The van der Waals surface area contributed by atoms with Gasteiger partial charge in [0.15, 0.2) is 10.4 Å². The van der Waals surface area contributed by atoms with E-state index in [2.05, 4.69) is 31.2 Å². The predicted molar refractivity (Wildman–Crippen MR) is 68.4 cm³/mol. The van der Waals surface area contributed by atoms with Gasteiger partial charge in [-0.3, -0.25) is 0 Å². The Balaban J connectivity index is 2.34. The van der Waals surface area contributed by atoms with E-state index in [4.69, 9.17) is 0 Å². The quantitative estimate of drug-likeness (QED) is 0.693. The lowest BCUT2D eigenvalue weighted by molar-refractivity contribution is 0.629. The first-order chi connectivity index (χ1) is 8.58. The van der Waals surface area contributed by atoms with Gasteiger partial charge in [-0.2, -0.15) is 0 Å². The summed E-state index contributed by atoms with van der Waals surface area (Å²) in [6.07, 6.45) is 0. The van der Waals surface area contributed by atoms with Gasteiger partial charge in [0.1, 0.15) is 11.5 Å². The van der Waals surface area contributed by atoms with Crippen LogP contribution in [0.25, 0.3) is 22.6 Å². The van der Waals surface area contributed by atoms with Gasteiger partial charge in [0, 0.05) is 20.2 Å². The standard InChI is InChI=1S/C11H9BrFN5/c1-17-8-4-3-6(13)5-7(8)14-11(17)9-10(12)15-16-18(9)2/h3-5H,1-2H3. The molecule has 0 saturated heterocycles. The van der Waals surface area contributed by atoms with Crippen LogP contribution in [0.2, 0.25) is 0 Å². The Morgan fingerprint density at radius 1 is 1.28 bits per heavy atom. The third kappa shape index (κ3) is 1.54. The predicted octanol–water partition coefficient (Wildman–Crippen LogP) is 2.27. The summed E-state index contributed by atoms with van der Waals surface area (Å²) >= 11 is 3.34. The van der Waals surface area contributed by atoms with Gasteiger partial charge >= 0.3 is 0 Å². The third-order valence-corrected chi connectivity index (χ3v) is 3.37. The molecule has 5 nitrogen and oxygen atoms in total. The lowest BCUT2D eigenvalue weighted by Crippen LogP contribution is -1.99. The van der Waals surface area contributed by atoms with E-state index in [9.17, 15) is 4.39 Å². The number of nitrogens with zero attached hydrogens (tertiary/aromatic N) is 5. The van der Waals surface area contributed by atoms with Crippen LogP contribution in [-0.4, -0.2) is 24.5 Å². The fraction of sp³-hybridized carbons (Fsp3) is 0.182. The molecule has 2 aromatic heterocycles. The molecule has 0 bridgehead atoms. The van der Waals surface area contributed by atoms with Crippen molar-refractivity contribution in [1.29, 1.82) is 0 Å². The molecule has 0 spiro atoms. The van der Waals surface area contributed by atoms with Crippen molar-refractivity contribution in [3.63, 3.8) is 0 Å². The van der Waals surface area contributed by atoms with Gasteiger partial charge in [0.2, 0.25) is 0 Å². The monoisotopic (exact) mass is 309 g/mol. The number of rotatable bonds is 1. The SMILES string of the molecule is Cn1nnc(Br)c1-c1nc2cc(F)ccc2n1C. The molecular weight excluding hydrogens is 301 g/mol. The minimum Gasteiger partial charge on any atom is -0.326 e. The van der Waals surface area contributed by atoms with Gasteiger partial charge < -0.3 is 4.57 Å². The van der Waals surface area contributed by atoms with Crippen LogP contribution in [0.15, 0.2) is 22.8 Å². The molecule has 0 radical (unpaired) electrons. The highest BCUT2D eigenvalue weighted by Gasteiger charge is 2.17. The largest absolute Gasteiger partial charge is 0.326 e. The number of halogens is 2. The van der Waals surface area contributed by atoms with Gasteiger partial charge in [0.25, 0.3) is 0 Å². The number of fused-ring (bicyclic) bond motifs is 1. The summed E-state index contributed by atoms with van der Waals surface area (Å²) in [5.41, 5.74) is 2.23. The molecule has 18 heavy (non-hydrogen) atoms. The maximum atomic E-state index is 13.2. The van der Waals surface area contributed by atoms with E-state index in [1.807, 2.05) is 11.6 Å². The van der Waals surface area contributed by atoms with Crippen molar-refractivity contribution in [3.05, 3.63) is 28.6 Å². The van der Waals surface area contributed by atoms with Crippen molar-refractivity contribution < 1.29 is 4.39 Å². The Morgan fingerprint density at radius 2 is 2.06 bits per heavy atom. The number of imidazole rings is 1. The Labute approximate surface area is 110 Å². The number of benzene rings is 1. The average molecular weight is 310 g/mol. The molecule has 0 amide bonds. The van der Waals surface area contributed by atoms with Crippen LogP contribution in [-0.2, 0) is 14.1 Å².